The third kappa shape index (κ3) is 6.48. The number of nitrogens with one attached hydrogen (secondary N) is 3. The Morgan fingerprint density at radius 3 is 2.88 bits per heavy atom. The van der Waals surface area contributed by atoms with E-state index in [1.807, 2.05) is 9.62 Å². The Morgan fingerprint density at radius 1 is 1.24 bits per heavy atom. The molecule has 0 spiro atoms. The van der Waals surface area contributed by atoms with Gasteiger partial charge in [0.05, 0.1) is 34.2 Å². The van der Waals surface area contributed by atoms with E-state index in [9.17, 15) is 23.3 Å². The van der Waals surface area contributed by atoms with Crippen molar-refractivity contribution >= 4 is 38.3 Å². The number of H-pyrrole nitrogens is 1. The van der Waals surface area contributed by atoms with Crippen molar-refractivity contribution in [2.24, 2.45) is 5.92 Å². The van der Waals surface area contributed by atoms with E-state index < -0.39 is 31.4 Å². The summed E-state index contributed by atoms with van der Waals surface area (Å²) in [7, 11) is -4.48. The molecule has 1 aliphatic heterocycles. The van der Waals surface area contributed by atoms with Gasteiger partial charge in [-0.3, -0.25) is 19.8 Å². The zero-order valence-corrected chi connectivity index (χ0v) is 23.1. The minimum absolute atomic E-state index is 0.0547. The second kappa shape index (κ2) is 12.2. The zero-order valence-electron chi connectivity index (χ0n) is 22.3. The number of nitro benzene ring substituents is 1. The van der Waals surface area contributed by atoms with Crippen molar-refractivity contribution in [3.05, 3.63) is 82.7 Å². The van der Waals surface area contributed by atoms with Gasteiger partial charge in [-0.05, 0) is 61.7 Å². The van der Waals surface area contributed by atoms with Crippen LogP contribution < -0.4 is 14.8 Å². The molecular formula is C28H27N7O6S. The average molecular weight is 590 g/mol. The van der Waals surface area contributed by atoms with E-state index in [2.05, 4.69) is 21.4 Å². The van der Waals surface area contributed by atoms with E-state index in [4.69, 9.17) is 10.00 Å². The topological polar surface area (TPSA) is 183 Å². The quantitative estimate of drug-likeness (QED) is 0.139. The summed E-state index contributed by atoms with van der Waals surface area (Å²) in [6, 6.07) is 15.2. The maximum atomic E-state index is 13.1. The number of pyridine rings is 1. The lowest BCUT2D eigenvalue weighted by molar-refractivity contribution is -0.384. The van der Waals surface area contributed by atoms with Crippen LogP contribution in [0.4, 0.5) is 11.4 Å². The van der Waals surface area contributed by atoms with E-state index in [-0.39, 0.29) is 22.9 Å². The molecule has 1 aliphatic rings. The van der Waals surface area contributed by atoms with Crippen LogP contribution in [0.1, 0.15) is 23.2 Å². The van der Waals surface area contributed by atoms with E-state index in [1.165, 1.54) is 30.5 Å². The molecule has 4 aromatic rings. The Morgan fingerprint density at radius 2 is 2.07 bits per heavy atom. The number of amides is 1. The van der Waals surface area contributed by atoms with Crippen LogP contribution in [0.2, 0.25) is 0 Å². The minimum Gasteiger partial charge on any atom is -0.455 e. The number of carbonyl (C=O) groups excluding carboxylic acids is 1. The van der Waals surface area contributed by atoms with Gasteiger partial charge in [0.2, 0.25) is 0 Å². The summed E-state index contributed by atoms with van der Waals surface area (Å²) in [6.45, 7) is 2.27. The molecule has 1 amide bonds. The van der Waals surface area contributed by atoms with E-state index in [1.54, 1.807) is 30.5 Å². The zero-order chi connectivity index (χ0) is 29.7. The van der Waals surface area contributed by atoms with Crippen molar-refractivity contribution in [3.8, 4) is 17.6 Å². The van der Waals surface area contributed by atoms with Crippen LogP contribution in [-0.2, 0) is 10.0 Å². The minimum atomic E-state index is -4.48. The number of ether oxygens (including phenoxy) is 1. The van der Waals surface area contributed by atoms with Gasteiger partial charge in [0, 0.05) is 30.7 Å². The molecule has 1 unspecified atom stereocenters. The number of fused-ring (bicyclic) bond motifs is 1. The number of benzene rings is 2. The molecule has 216 valence electrons. The van der Waals surface area contributed by atoms with Crippen molar-refractivity contribution < 1.29 is 22.9 Å². The summed E-state index contributed by atoms with van der Waals surface area (Å²) >= 11 is 0. The first kappa shape index (κ1) is 28.5. The number of carbonyl (C=O) groups is 1. The summed E-state index contributed by atoms with van der Waals surface area (Å²) < 4.78 is 34.1. The first-order valence-corrected chi connectivity index (χ1v) is 14.6. The Bertz CT molecular complexity index is 1780. The van der Waals surface area contributed by atoms with Crippen molar-refractivity contribution in [2.75, 3.05) is 31.5 Å². The number of nitro groups is 1. The third-order valence-electron chi connectivity index (χ3n) is 6.92. The molecule has 2 aromatic heterocycles. The van der Waals surface area contributed by atoms with Gasteiger partial charge in [0.15, 0.2) is 0 Å². The smallest absolute Gasteiger partial charge is 0.293 e. The molecule has 3 heterocycles. The number of sulfonamides is 1. The highest BCUT2D eigenvalue weighted by molar-refractivity contribution is 7.90. The van der Waals surface area contributed by atoms with E-state index in [0.717, 1.165) is 30.8 Å². The Labute approximate surface area is 241 Å². The molecule has 1 atom stereocenters. The van der Waals surface area contributed by atoms with Gasteiger partial charge in [0.25, 0.3) is 21.6 Å². The summed E-state index contributed by atoms with van der Waals surface area (Å²) in [5.41, 5.74) is 0.327. The molecule has 2 aromatic carbocycles. The number of nitriles is 1. The maximum absolute atomic E-state index is 13.1. The van der Waals surface area contributed by atoms with Crippen molar-refractivity contribution in [2.45, 2.75) is 17.7 Å². The Hall–Kier alpha value is -5.00. The van der Waals surface area contributed by atoms with Gasteiger partial charge >= 0.3 is 0 Å². The number of hydrogen-bond acceptors (Lipinski definition) is 10. The van der Waals surface area contributed by atoms with E-state index >= 15 is 0 Å². The van der Waals surface area contributed by atoms with Gasteiger partial charge in [-0.15, -0.1) is 0 Å². The molecule has 0 bridgehead atoms. The molecular weight excluding hydrogens is 562 g/mol. The fourth-order valence-electron chi connectivity index (χ4n) is 4.88. The van der Waals surface area contributed by atoms with Crippen LogP contribution in [0.3, 0.4) is 0 Å². The molecule has 1 saturated heterocycles. The highest BCUT2D eigenvalue weighted by atomic mass is 32.2. The maximum Gasteiger partial charge on any atom is 0.293 e. The van der Waals surface area contributed by atoms with Gasteiger partial charge in [-0.2, -0.15) is 5.26 Å². The second-order valence-corrected chi connectivity index (χ2v) is 11.5. The molecule has 13 nitrogen and oxygen atoms in total. The van der Waals surface area contributed by atoms with Crippen LogP contribution in [-0.4, -0.2) is 60.3 Å². The summed E-state index contributed by atoms with van der Waals surface area (Å²) in [5, 5.41) is 24.6. The van der Waals surface area contributed by atoms with Crippen molar-refractivity contribution in [3.63, 3.8) is 0 Å². The molecule has 14 heteroatoms. The van der Waals surface area contributed by atoms with Gasteiger partial charge in [-0.1, -0.05) is 12.1 Å². The number of para-hydroxylation sites is 1. The van der Waals surface area contributed by atoms with Crippen LogP contribution in [0.5, 0.6) is 11.5 Å². The fourth-order valence-corrected chi connectivity index (χ4v) is 5.86. The molecule has 0 radical (unpaired) electrons. The number of piperidine rings is 1. The Kier molecular flexibility index (Phi) is 8.32. The van der Waals surface area contributed by atoms with Crippen LogP contribution in [0.15, 0.2) is 71.9 Å². The fraction of sp³-hybridized carbons (Fsp3) is 0.250. The standard InChI is InChI=1S/C28H27N7O6S/c29-10-13-34-12-3-4-19(18-34)16-31-24-8-7-22(15-25(24)35(37)38)42(39,40)33-28(36)23-5-1-2-6-26(23)41-21-14-20-9-11-30-27(20)32-17-21/h1-2,5-9,11,14-15,17,19,31H,3-4,12-13,16,18H2,(H,30,32)(H,33,36). The van der Waals surface area contributed by atoms with Crippen molar-refractivity contribution in [1.29, 1.82) is 5.26 Å². The summed E-state index contributed by atoms with van der Waals surface area (Å²) in [4.78, 5) is 33.0. The van der Waals surface area contributed by atoms with Crippen LogP contribution in [0.25, 0.3) is 11.0 Å². The molecule has 5 rings (SSSR count). The van der Waals surface area contributed by atoms with E-state index in [0.29, 0.717) is 31.0 Å². The number of aromatic amines is 1. The highest BCUT2D eigenvalue weighted by Crippen LogP contribution is 2.30. The number of aromatic nitrogens is 2. The average Bonchev–Trinajstić information content (AvgIpc) is 3.44. The third-order valence-corrected chi connectivity index (χ3v) is 8.25. The highest BCUT2D eigenvalue weighted by Gasteiger charge is 2.26. The van der Waals surface area contributed by atoms with Crippen molar-refractivity contribution in [1.82, 2.24) is 19.6 Å². The first-order chi connectivity index (χ1) is 20.2. The number of anilines is 1. The molecule has 0 aliphatic carbocycles. The predicted octanol–water partition coefficient (Wildman–Crippen LogP) is 4.03. The lowest BCUT2D eigenvalue weighted by Crippen LogP contribution is -2.38. The molecule has 42 heavy (non-hydrogen) atoms. The largest absolute Gasteiger partial charge is 0.455 e. The first-order valence-electron chi connectivity index (χ1n) is 13.1. The van der Waals surface area contributed by atoms with Gasteiger partial charge in [0.1, 0.15) is 22.8 Å². The molecule has 0 saturated carbocycles. The number of nitrogens with zero attached hydrogens (tertiary/aromatic N) is 4. The normalized spacial score (nSPS) is 15.5. The van der Waals surface area contributed by atoms with Crippen LogP contribution >= 0.6 is 0 Å². The SMILES string of the molecule is N#CCN1CCCC(CNc2ccc(S(=O)(=O)NC(=O)c3ccccc3Oc3cnc4[nH]ccc4c3)cc2[N+](=O)[O-])C1. The second-order valence-electron chi connectivity index (χ2n) is 9.84. The number of likely N-dealkylation sites (tertiary alicyclic amines) is 1. The molecule has 1 fully saturated rings. The number of rotatable bonds is 10. The monoisotopic (exact) mass is 589 g/mol. The van der Waals surface area contributed by atoms with Gasteiger partial charge in [-0.25, -0.2) is 18.1 Å². The van der Waals surface area contributed by atoms with Gasteiger partial charge < -0.3 is 15.0 Å². The van der Waals surface area contributed by atoms with Crippen LogP contribution in [0, 0.1) is 27.4 Å². The number of hydrogen-bond donors (Lipinski definition) is 3. The Balaban J connectivity index is 1.30. The summed E-state index contributed by atoms with van der Waals surface area (Å²) in [5.74, 6) is -0.346. The predicted molar refractivity (Wildman–Crippen MR) is 154 cm³/mol. The summed E-state index contributed by atoms with van der Waals surface area (Å²) in [6.07, 6.45) is 5.02. The lowest BCUT2D eigenvalue weighted by atomic mass is 9.98. The lowest BCUT2D eigenvalue weighted by Gasteiger charge is -2.31. The molecule has 3 N–H and O–H groups in total.